The summed E-state index contributed by atoms with van der Waals surface area (Å²) >= 11 is 0. The van der Waals surface area contributed by atoms with Gasteiger partial charge in [0.05, 0.1) is 24.8 Å². The van der Waals surface area contributed by atoms with Crippen molar-refractivity contribution in [2.75, 3.05) is 45.5 Å². The topological polar surface area (TPSA) is 129 Å². The molecule has 184 valence electrons. The van der Waals surface area contributed by atoms with Gasteiger partial charge in [0.15, 0.2) is 0 Å². The predicted octanol–water partition coefficient (Wildman–Crippen LogP) is 3.73. The molecule has 2 aromatic carbocycles. The van der Waals surface area contributed by atoms with Crippen molar-refractivity contribution in [2.24, 2.45) is 0 Å². The lowest BCUT2D eigenvalue weighted by Gasteiger charge is -2.15. The van der Waals surface area contributed by atoms with Gasteiger partial charge in [-0.3, -0.25) is 0 Å². The molecule has 0 radical (unpaired) electrons. The summed E-state index contributed by atoms with van der Waals surface area (Å²) in [5, 5.41) is 10.9. The minimum atomic E-state index is -5.08. The number of nitrogens with zero attached hydrogens (tertiary/aromatic N) is 2. The molecular weight excluding hydrogens is 464 g/mol. The molecule has 0 fully saturated rings. The molecule has 0 aliphatic carbocycles. The van der Waals surface area contributed by atoms with E-state index in [2.05, 4.69) is 15.3 Å². The fourth-order valence-corrected chi connectivity index (χ4v) is 2.80. The van der Waals surface area contributed by atoms with Gasteiger partial charge >= 0.3 is 12.1 Å². The second-order valence-corrected chi connectivity index (χ2v) is 6.54. The number of aromatic nitrogens is 2. The Morgan fingerprint density at radius 1 is 1.15 bits per heavy atom. The molecule has 0 atom stereocenters. The number of fused-ring (bicyclic) bond motifs is 1. The Bertz CT molecular complexity index is 1160. The smallest absolute Gasteiger partial charge is 0.490 e. The number of nitrogens with one attached hydrogen (secondary N) is 1. The first-order valence-electron chi connectivity index (χ1n) is 9.56. The number of nitrogen functional groups attached to an aromatic ring is 1. The summed E-state index contributed by atoms with van der Waals surface area (Å²) in [4.78, 5) is 17.3. The van der Waals surface area contributed by atoms with E-state index in [4.69, 9.17) is 29.8 Å². The number of carboxylic acids is 1. The number of carbonyl (C=O) groups is 1. The van der Waals surface area contributed by atoms with E-state index < -0.39 is 18.0 Å². The molecule has 4 N–H and O–H groups in total. The molecule has 0 unspecified atom stereocenters. The number of alkyl halides is 3. The van der Waals surface area contributed by atoms with Crippen LogP contribution in [0.1, 0.15) is 0 Å². The minimum absolute atomic E-state index is 0.135. The van der Waals surface area contributed by atoms with Crippen LogP contribution >= 0.6 is 0 Å². The number of aliphatic carboxylic acids is 1. The average Bonchev–Trinajstić information content (AvgIpc) is 2.77. The lowest BCUT2D eigenvalue weighted by molar-refractivity contribution is -0.192. The molecule has 1 aromatic heterocycles. The molecule has 0 aliphatic heterocycles. The van der Waals surface area contributed by atoms with Crippen molar-refractivity contribution in [3.63, 3.8) is 0 Å². The Hall–Kier alpha value is -3.87. The highest BCUT2D eigenvalue weighted by Gasteiger charge is 2.38. The molecule has 0 amide bonds. The van der Waals surface area contributed by atoms with Gasteiger partial charge in [-0.25, -0.2) is 14.2 Å². The lowest BCUT2D eigenvalue weighted by Crippen LogP contribution is -2.21. The second-order valence-electron chi connectivity index (χ2n) is 6.54. The number of methoxy groups -OCH3 is 2. The normalized spacial score (nSPS) is 10.9. The molecule has 0 saturated heterocycles. The van der Waals surface area contributed by atoms with E-state index in [1.807, 2.05) is 6.07 Å². The maximum absolute atomic E-state index is 14.9. The summed E-state index contributed by atoms with van der Waals surface area (Å²) < 4.78 is 62.5. The third kappa shape index (κ3) is 6.57. The maximum atomic E-state index is 14.9. The fraction of sp³-hybridized carbons (Fsp3) is 0.286. The van der Waals surface area contributed by atoms with Crippen LogP contribution in [0.4, 0.5) is 29.3 Å². The Balaban J connectivity index is 0.000000509. The number of nitrogens with two attached hydrogens (primary N) is 1. The number of carboxylic acid groups (broad SMARTS) is 1. The number of anilines is 2. The molecule has 3 aromatic rings. The average molecular weight is 486 g/mol. The van der Waals surface area contributed by atoms with Crippen molar-refractivity contribution >= 4 is 28.6 Å². The van der Waals surface area contributed by atoms with E-state index in [1.54, 1.807) is 32.4 Å². The lowest BCUT2D eigenvalue weighted by atomic mass is 10.0. The van der Waals surface area contributed by atoms with Crippen LogP contribution < -0.4 is 20.5 Å². The van der Waals surface area contributed by atoms with Gasteiger partial charge in [-0.05, 0) is 17.7 Å². The molecule has 0 spiro atoms. The zero-order valence-electron chi connectivity index (χ0n) is 18.4. The Morgan fingerprint density at radius 2 is 1.82 bits per heavy atom. The monoisotopic (exact) mass is 486 g/mol. The summed E-state index contributed by atoms with van der Waals surface area (Å²) in [6, 6.07) is 8.32. The molecule has 1 heterocycles. The molecule has 0 aliphatic rings. The number of benzene rings is 2. The minimum Gasteiger partial charge on any atom is -0.497 e. The second kappa shape index (κ2) is 11.3. The standard InChI is InChI=1S/C19H21FN4O3.C2HF3O2/c1-22-18-13-5-4-11(8-15(13)23-19(21)24-18)17-14(20)9-12(26-3)10-16(17)27-7-6-25-2;3-2(4,5)1(6)7/h4-5,8-10H,6-7H2,1-3H3,(H3,21,22,23,24);(H,6,7). The maximum Gasteiger partial charge on any atom is 0.490 e. The highest BCUT2D eigenvalue weighted by molar-refractivity contribution is 5.93. The van der Waals surface area contributed by atoms with Gasteiger partial charge in [0.2, 0.25) is 5.95 Å². The van der Waals surface area contributed by atoms with Crippen molar-refractivity contribution in [1.29, 1.82) is 0 Å². The third-order valence-corrected chi connectivity index (χ3v) is 4.29. The summed E-state index contributed by atoms with van der Waals surface area (Å²) in [6.45, 7) is 0.661. The van der Waals surface area contributed by atoms with Gasteiger partial charge in [-0.1, -0.05) is 6.07 Å². The molecule has 13 heteroatoms. The first-order valence-corrected chi connectivity index (χ1v) is 9.56. The van der Waals surface area contributed by atoms with Gasteiger partial charge in [0, 0.05) is 31.7 Å². The van der Waals surface area contributed by atoms with Crippen molar-refractivity contribution in [2.45, 2.75) is 6.18 Å². The van der Waals surface area contributed by atoms with E-state index >= 15 is 0 Å². The fourth-order valence-electron chi connectivity index (χ4n) is 2.80. The van der Waals surface area contributed by atoms with E-state index in [1.165, 1.54) is 13.2 Å². The number of hydrogen-bond donors (Lipinski definition) is 3. The highest BCUT2D eigenvalue weighted by Crippen LogP contribution is 2.38. The van der Waals surface area contributed by atoms with Crippen molar-refractivity contribution in [3.8, 4) is 22.6 Å². The predicted molar refractivity (Wildman–Crippen MR) is 117 cm³/mol. The van der Waals surface area contributed by atoms with Crippen LogP contribution in [-0.4, -0.2) is 61.7 Å². The van der Waals surface area contributed by atoms with Gasteiger partial charge in [0.25, 0.3) is 0 Å². The largest absolute Gasteiger partial charge is 0.497 e. The zero-order chi connectivity index (χ0) is 25.5. The van der Waals surface area contributed by atoms with E-state index in [0.717, 1.165) is 5.39 Å². The first-order chi connectivity index (χ1) is 16.0. The summed E-state index contributed by atoms with van der Waals surface area (Å²) in [5.41, 5.74) is 7.30. The zero-order valence-corrected chi connectivity index (χ0v) is 18.4. The Morgan fingerprint density at radius 3 is 2.38 bits per heavy atom. The highest BCUT2D eigenvalue weighted by atomic mass is 19.4. The molecule has 3 rings (SSSR count). The van der Waals surface area contributed by atoms with Gasteiger partial charge in [-0.15, -0.1) is 0 Å². The molecule has 34 heavy (non-hydrogen) atoms. The summed E-state index contributed by atoms with van der Waals surface area (Å²) in [6.07, 6.45) is -5.08. The van der Waals surface area contributed by atoms with Crippen LogP contribution in [-0.2, 0) is 9.53 Å². The van der Waals surface area contributed by atoms with Gasteiger partial charge in [-0.2, -0.15) is 18.2 Å². The van der Waals surface area contributed by atoms with Crippen molar-refractivity contribution in [1.82, 2.24) is 9.97 Å². The Kier molecular flexibility index (Phi) is 8.78. The summed E-state index contributed by atoms with van der Waals surface area (Å²) in [5.74, 6) is -1.75. The third-order valence-electron chi connectivity index (χ3n) is 4.29. The van der Waals surface area contributed by atoms with Crippen LogP contribution in [0, 0.1) is 5.82 Å². The number of halogens is 4. The Labute approximate surface area is 191 Å². The number of hydrogen-bond acceptors (Lipinski definition) is 8. The molecule has 9 nitrogen and oxygen atoms in total. The van der Waals surface area contributed by atoms with Crippen LogP contribution in [0.15, 0.2) is 30.3 Å². The first kappa shape index (κ1) is 26.4. The van der Waals surface area contributed by atoms with Gasteiger partial charge < -0.3 is 30.4 Å². The molecular formula is C21H22F4N4O5. The van der Waals surface area contributed by atoms with Crippen LogP contribution in [0.25, 0.3) is 22.0 Å². The van der Waals surface area contributed by atoms with Crippen LogP contribution in [0.5, 0.6) is 11.5 Å². The molecule has 0 bridgehead atoms. The van der Waals surface area contributed by atoms with E-state index in [9.17, 15) is 17.6 Å². The van der Waals surface area contributed by atoms with Crippen LogP contribution in [0.3, 0.4) is 0 Å². The van der Waals surface area contributed by atoms with Crippen molar-refractivity contribution in [3.05, 3.63) is 36.1 Å². The number of ether oxygens (including phenoxy) is 3. The number of rotatable bonds is 7. The molecule has 0 saturated carbocycles. The van der Waals surface area contributed by atoms with Crippen molar-refractivity contribution < 1.29 is 41.7 Å². The van der Waals surface area contributed by atoms with Crippen LogP contribution in [0.2, 0.25) is 0 Å². The summed E-state index contributed by atoms with van der Waals surface area (Å²) in [7, 11) is 4.80. The van der Waals surface area contributed by atoms with Gasteiger partial charge in [0.1, 0.15) is 29.7 Å². The quantitative estimate of drug-likeness (QED) is 0.338. The van der Waals surface area contributed by atoms with E-state index in [0.29, 0.717) is 40.6 Å². The SMILES string of the molecule is CNc1nc(N)nc2cc(-c3c(F)cc(OC)cc3OCCOC)ccc12.O=C(O)C(F)(F)F. The van der Waals surface area contributed by atoms with E-state index in [-0.39, 0.29) is 12.6 Å².